The number of esters is 1. The van der Waals surface area contributed by atoms with Crippen LogP contribution in [0.25, 0.3) is 5.65 Å². The highest BCUT2D eigenvalue weighted by Gasteiger charge is 2.36. The van der Waals surface area contributed by atoms with E-state index in [2.05, 4.69) is 15.5 Å². The Hall–Kier alpha value is -3.95. The van der Waals surface area contributed by atoms with E-state index in [0.29, 0.717) is 30.8 Å². The molecule has 0 saturated heterocycles. The number of pyridine rings is 1. The summed E-state index contributed by atoms with van der Waals surface area (Å²) in [6.45, 7) is 2.69. The lowest BCUT2D eigenvalue weighted by atomic mass is 10.1. The van der Waals surface area contributed by atoms with Crippen LogP contribution >= 0.6 is 0 Å². The van der Waals surface area contributed by atoms with Crippen molar-refractivity contribution in [2.75, 3.05) is 18.2 Å². The van der Waals surface area contributed by atoms with Gasteiger partial charge in [-0.05, 0) is 37.6 Å². The second-order valence-electron chi connectivity index (χ2n) is 7.25. The maximum atomic E-state index is 12.9. The Morgan fingerprint density at radius 2 is 1.94 bits per heavy atom. The number of fused-ring (bicyclic) bond motifs is 1. The van der Waals surface area contributed by atoms with E-state index in [9.17, 15) is 14.4 Å². The molecule has 1 amide bonds. The summed E-state index contributed by atoms with van der Waals surface area (Å²) in [7, 11) is 0. The number of nitrogens with one attached hydrogen (secondary N) is 1. The SMILES string of the molecule is CCOC(=O)C1=NN(c2ccccc2)C(C(=O)NCCCn2nc3ccccn3c2=O)C1. The first-order chi connectivity index (χ1) is 15.6. The third-order valence-electron chi connectivity index (χ3n) is 5.08. The molecule has 1 aromatic carbocycles. The number of ether oxygens (including phenoxy) is 1. The van der Waals surface area contributed by atoms with Crippen LogP contribution in [-0.4, -0.2) is 51.0 Å². The molecule has 1 N–H and O–H groups in total. The zero-order valence-electron chi connectivity index (χ0n) is 17.7. The summed E-state index contributed by atoms with van der Waals surface area (Å²) < 4.78 is 7.91. The topological polar surface area (TPSA) is 110 Å². The normalized spacial score (nSPS) is 15.6. The highest BCUT2D eigenvalue weighted by Crippen LogP contribution is 2.25. The van der Waals surface area contributed by atoms with Crippen molar-refractivity contribution in [1.82, 2.24) is 19.5 Å². The van der Waals surface area contributed by atoms with Crippen molar-refractivity contribution in [2.45, 2.75) is 32.4 Å². The van der Waals surface area contributed by atoms with Crippen LogP contribution in [0.5, 0.6) is 0 Å². The molecule has 0 spiro atoms. The molecule has 10 heteroatoms. The Bertz CT molecular complexity index is 1200. The van der Waals surface area contributed by atoms with Gasteiger partial charge in [-0.2, -0.15) is 5.10 Å². The van der Waals surface area contributed by atoms with E-state index in [0.717, 1.165) is 0 Å². The van der Waals surface area contributed by atoms with Crippen LogP contribution in [-0.2, 0) is 20.9 Å². The molecule has 32 heavy (non-hydrogen) atoms. The van der Waals surface area contributed by atoms with Crippen molar-refractivity contribution in [3.8, 4) is 0 Å². The van der Waals surface area contributed by atoms with Gasteiger partial charge < -0.3 is 10.1 Å². The number of carbonyl (C=O) groups is 2. The molecule has 0 radical (unpaired) electrons. The van der Waals surface area contributed by atoms with E-state index < -0.39 is 12.0 Å². The van der Waals surface area contributed by atoms with Crippen molar-refractivity contribution in [3.05, 3.63) is 65.2 Å². The van der Waals surface area contributed by atoms with Crippen LogP contribution in [0.1, 0.15) is 19.8 Å². The number of nitrogens with zero attached hydrogens (tertiary/aromatic N) is 5. The number of aromatic nitrogens is 3. The number of amides is 1. The van der Waals surface area contributed by atoms with E-state index >= 15 is 0 Å². The molecule has 3 aromatic rings. The van der Waals surface area contributed by atoms with Gasteiger partial charge in [0.25, 0.3) is 0 Å². The lowest BCUT2D eigenvalue weighted by molar-refractivity contribution is -0.135. The average molecular weight is 436 g/mol. The van der Waals surface area contributed by atoms with E-state index in [-0.39, 0.29) is 30.3 Å². The lowest BCUT2D eigenvalue weighted by Gasteiger charge is -2.22. The van der Waals surface area contributed by atoms with E-state index in [1.54, 1.807) is 30.3 Å². The number of rotatable bonds is 8. The molecule has 0 bridgehead atoms. The highest BCUT2D eigenvalue weighted by molar-refractivity contribution is 6.38. The Kier molecular flexibility index (Phi) is 6.29. The summed E-state index contributed by atoms with van der Waals surface area (Å²) in [6, 6.07) is 13.9. The fourth-order valence-electron chi connectivity index (χ4n) is 3.54. The quantitative estimate of drug-likeness (QED) is 0.420. The first kappa shape index (κ1) is 21.3. The molecule has 1 atom stereocenters. The van der Waals surface area contributed by atoms with Crippen molar-refractivity contribution in [3.63, 3.8) is 0 Å². The van der Waals surface area contributed by atoms with Gasteiger partial charge in [-0.25, -0.2) is 14.3 Å². The van der Waals surface area contributed by atoms with Crippen molar-refractivity contribution in [1.29, 1.82) is 0 Å². The molecule has 4 rings (SSSR count). The zero-order chi connectivity index (χ0) is 22.5. The Balaban J connectivity index is 1.38. The van der Waals surface area contributed by atoms with Crippen molar-refractivity contribution in [2.24, 2.45) is 5.10 Å². The van der Waals surface area contributed by atoms with Gasteiger partial charge in [0.2, 0.25) is 5.91 Å². The smallest absolute Gasteiger partial charge is 0.354 e. The minimum Gasteiger partial charge on any atom is -0.461 e. The van der Waals surface area contributed by atoms with Gasteiger partial charge in [0.1, 0.15) is 11.8 Å². The highest BCUT2D eigenvalue weighted by atomic mass is 16.5. The van der Waals surface area contributed by atoms with Gasteiger partial charge in [0.05, 0.1) is 12.3 Å². The first-order valence-corrected chi connectivity index (χ1v) is 10.5. The summed E-state index contributed by atoms with van der Waals surface area (Å²) >= 11 is 0. The Labute approximate surface area is 184 Å². The monoisotopic (exact) mass is 436 g/mol. The fourth-order valence-corrected chi connectivity index (χ4v) is 3.54. The first-order valence-electron chi connectivity index (χ1n) is 10.5. The number of hydrazone groups is 1. The summed E-state index contributed by atoms with van der Waals surface area (Å²) in [4.78, 5) is 37.4. The number of benzene rings is 1. The Morgan fingerprint density at radius 1 is 1.16 bits per heavy atom. The minimum absolute atomic E-state index is 0.158. The fraction of sp³-hybridized carbons (Fsp3) is 0.318. The summed E-state index contributed by atoms with van der Waals surface area (Å²) in [5.74, 6) is -0.769. The predicted octanol–water partition coefficient (Wildman–Crippen LogP) is 1.20. The van der Waals surface area contributed by atoms with Crippen LogP contribution in [0.15, 0.2) is 64.6 Å². The number of aryl methyl sites for hydroxylation is 1. The number of hydrogen-bond donors (Lipinski definition) is 1. The van der Waals surface area contributed by atoms with Crippen LogP contribution in [0.3, 0.4) is 0 Å². The molecular weight excluding hydrogens is 412 g/mol. The van der Waals surface area contributed by atoms with Gasteiger partial charge >= 0.3 is 11.7 Å². The third-order valence-corrected chi connectivity index (χ3v) is 5.08. The third kappa shape index (κ3) is 4.39. The molecule has 1 unspecified atom stereocenters. The summed E-state index contributed by atoms with van der Waals surface area (Å²) in [5, 5.41) is 13.1. The zero-order valence-corrected chi connectivity index (χ0v) is 17.7. The molecule has 2 aromatic heterocycles. The van der Waals surface area contributed by atoms with Gasteiger partial charge in [-0.3, -0.25) is 14.2 Å². The molecule has 166 valence electrons. The molecule has 10 nitrogen and oxygen atoms in total. The second kappa shape index (κ2) is 9.46. The largest absolute Gasteiger partial charge is 0.461 e. The van der Waals surface area contributed by atoms with Crippen LogP contribution in [0, 0.1) is 0 Å². The average Bonchev–Trinajstić information content (AvgIpc) is 3.40. The number of anilines is 1. The second-order valence-corrected chi connectivity index (χ2v) is 7.25. The number of para-hydroxylation sites is 1. The van der Waals surface area contributed by atoms with E-state index in [4.69, 9.17) is 4.74 Å². The maximum absolute atomic E-state index is 12.9. The van der Waals surface area contributed by atoms with Gasteiger partial charge in [0, 0.05) is 25.7 Å². The predicted molar refractivity (Wildman–Crippen MR) is 118 cm³/mol. The minimum atomic E-state index is -0.658. The van der Waals surface area contributed by atoms with E-state index in [1.807, 2.05) is 36.4 Å². The van der Waals surface area contributed by atoms with E-state index in [1.165, 1.54) is 9.08 Å². The van der Waals surface area contributed by atoms with Crippen molar-refractivity contribution < 1.29 is 14.3 Å². The molecule has 1 aliphatic rings. The van der Waals surface area contributed by atoms with Crippen molar-refractivity contribution >= 4 is 28.9 Å². The van der Waals surface area contributed by atoms with Crippen LogP contribution < -0.4 is 16.0 Å². The van der Waals surface area contributed by atoms with Gasteiger partial charge in [-0.15, -0.1) is 5.10 Å². The van der Waals surface area contributed by atoms with Gasteiger partial charge in [-0.1, -0.05) is 24.3 Å². The van der Waals surface area contributed by atoms with Crippen LogP contribution in [0.4, 0.5) is 5.69 Å². The lowest BCUT2D eigenvalue weighted by Crippen LogP contribution is -2.43. The molecular formula is C22H24N6O4. The molecule has 3 heterocycles. The molecule has 1 aliphatic heterocycles. The number of carbonyl (C=O) groups excluding carboxylic acids is 2. The maximum Gasteiger partial charge on any atom is 0.354 e. The van der Waals surface area contributed by atoms with Gasteiger partial charge in [0.15, 0.2) is 5.65 Å². The number of hydrogen-bond acceptors (Lipinski definition) is 7. The summed E-state index contributed by atoms with van der Waals surface area (Å²) in [5.41, 5.74) is 1.29. The standard InChI is InChI=1S/C22H24N6O4/c1-2-32-21(30)17-15-18(28(24-17)16-9-4-3-5-10-16)20(29)23-12-8-14-27-22(31)26-13-7-6-11-19(26)25-27/h3-7,9-11,13,18H,2,8,12,14-15H2,1H3,(H,23,29). The molecule has 0 fully saturated rings. The Morgan fingerprint density at radius 3 is 2.69 bits per heavy atom. The summed E-state index contributed by atoms with van der Waals surface area (Å²) in [6.07, 6.45) is 2.35. The van der Waals surface area contributed by atoms with Crippen LogP contribution in [0.2, 0.25) is 0 Å². The molecule has 0 saturated carbocycles. The molecule has 0 aliphatic carbocycles.